The molecule has 5 nitrogen and oxygen atoms in total. The molecule has 2 aromatic carbocycles. The Balaban J connectivity index is 2.50. The van der Waals surface area contributed by atoms with E-state index in [0.29, 0.717) is 5.69 Å². The van der Waals surface area contributed by atoms with E-state index in [-0.39, 0.29) is 15.5 Å². The molecule has 0 unspecified atom stereocenters. The zero-order valence-electron chi connectivity index (χ0n) is 11.0. The van der Waals surface area contributed by atoms with Gasteiger partial charge in [0.05, 0.1) is 16.6 Å². The number of hydrogen-bond acceptors (Lipinski definition) is 4. The minimum absolute atomic E-state index is 0.0729. The van der Waals surface area contributed by atoms with E-state index in [1.165, 1.54) is 19.2 Å². The van der Waals surface area contributed by atoms with Gasteiger partial charge in [-0.05, 0) is 30.3 Å². The lowest BCUT2D eigenvalue weighted by Gasteiger charge is -2.20. The minimum atomic E-state index is -3.88. The van der Waals surface area contributed by atoms with E-state index in [1.54, 1.807) is 30.3 Å². The molecule has 21 heavy (non-hydrogen) atoms. The number of hydrogen-bond donors (Lipinski definition) is 0. The molecule has 0 aromatic heterocycles. The van der Waals surface area contributed by atoms with Gasteiger partial charge in [0, 0.05) is 17.6 Å². The Morgan fingerprint density at radius 3 is 2.33 bits per heavy atom. The van der Waals surface area contributed by atoms with Crippen molar-refractivity contribution in [2.24, 2.45) is 0 Å². The summed E-state index contributed by atoms with van der Waals surface area (Å²) in [5.74, 6) is -1.53. The third-order valence-corrected chi connectivity index (χ3v) is 5.05. The number of benzene rings is 2. The quantitative estimate of drug-likeness (QED) is 0.854. The number of rotatable bonds is 4. The zero-order chi connectivity index (χ0) is 15.6. The highest BCUT2D eigenvalue weighted by atomic mass is 35.5. The topological polar surface area (TPSA) is 77.5 Å². The van der Waals surface area contributed by atoms with Crippen LogP contribution >= 0.6 is 11.6 Å². The van der Waals surface area contributed by atoms with Gasteiger partial charge in [-0.15, -0.1) is 0 Å². The zero-order valence-corrected chi connectivity index (χ0v) is 12.6. The van der Waals surface area contributed by atoms with Crippen LogP contribution in [0.1, 0.15) is 10.4 Å². The number of aromatic carboxylic acids is 1. The van der Waals surface area contributed by atoms with Gasteiger partial charge in [0.15, 0.2) is 0 Å². The summed E-state index contributed by atoms with van der Waals surface area (Å²) in [6.45, 7) is 0. The molecular formula is C14H11ClNO4S-. The van der Waals surface area contributed by atoms with Crippen molar-refractivity contribution < 1.29 is 18.3 Å². The van der Waals surface area contributed by atoms with E-state index in [1.807, 2.05) is 0 Å². The summed E-state index contributed by atoms with van der Waals surface area (Å²) >= 11 is 5.71. The Labute approximate surface area is 127 Å². The second-order valence-electron chi connectivity index (χ2n) is 4.24. The van der Waals surface area contributed by atoms with E-state index in [9.17, 15) is 18.3 Å². The first kappa shape index (κ1) is 15.3. The molecule has 0 N–H and O–H groups in total. The van der Waals surface area contributed by atoms with Crippen LogP contribution in [0.25, 0.3) is 0 Å². The van der Waals surface area contributed by atoms with E-state index < -0.39 is 16.0 Å². The Morgan fingerprint density at radius 2 is 1.76 bits per heavy atom. The first-order valence-corrected chi connectivity index (χ1v) is 7.70. The molecule has 2 rings (SSSR count). The molecule has 7 heteroatoms. The van der Waals surface area contributed by atoms with Gasteiger partial charge in [0.25, 0.3) is 10.0 Å². The maximum Gasteiger partial charge on any atom is 0.264 e. The largest absolute Gasteiger partial charge is 0.545 e. The summed E-state index contributed by atoms with van der Waals surface area (Å²) in [5.41, 5.74) is 0.0988. The number of carboxylic acid groups (broad SMARTS) is 1. The molecule has 0 heterocycles. The fraction of sp³-hybridized carbons (Fsp3) is 0.0714. The lowest BCUT2D eigenvalue weighted by molar-refractivity contribution is -0.255. The molecule has 0 aliphatic carbocycles. The molecule has 0 amide bonds. The lowest BCUT2D eigenvalue weighted by atomic mass is 10.2. The third-order valence-electron chi connectivity index (χ3n) is 2.94. The Kier molecular flexibility index (Phi) is 4.20. The van der Waals surface area contributed by atoms with Crippen LogP contribution in [-0.4, -0.2) is 21.4 Å². The highest BCUT2D eigenvalue weighted by Gasteiger charge is 2.22. The van der Waals surface area contributed by atoms with Crippen molar-refractivity contribution in [3.8, 4) is 0 Å². The van der Waals surface area contributed by atoms with Gasteiger partial charge in [0.2, 0.25) is 0 Å². The van der Waals surface area contributed by atoms with E-state index in [0.717, 1.165) is 10.4 Å². The number of carbonyl (C=O) groups is 1. The van der Waals surface area contributed by atoms with Gasteiger partial charge in [-0.3, -0.25) is 4.31 Å². The van der Waals surface area contributed by atoms with Crippen molar-refractivity contribution in [2.45, 2.75) is 4.90 Å². The smallest absolute Gasteiger partial charge is 0.264 e. The molecule has 0 spiro atoms. The monoisotopic (exact) mass is 324 g/mol. The van der Waals surface area contributed by atoms with Crippen LogP contribution in [0.2, 0.25) is 5.02 Å². The van der Waals surface area contributed by atoms with Crippen LogP contribution in [0.15, 0.2) is 53.4 Å². The fourth-order valence-corrected chi connectivity index (χ4v) is 3.17. The van der Waals surface area contributed by atoms with Crippen molar-refractivity contribution in [1.29, 1.82) is 0 Å². The maximum absolute atomic E-state index is 12.5. The van der Waals surface area contributed by atoms with E-state index in [2.05, 4.69) is 0 Å². The third kappa shape index (κ3) is 3.01. The summed E-state index contributed by atoms with van der Waals surface area (Å²) in [4.78, 5) is 10.8. The summed E-state index contributed by atoms with van der Waals surface area (Å²) in [7, 11) is -2.49. The van der Waals surface area contributed by atoms with E-state index in [4.69, 9.17) is 11.6 Å². The predicted molar refractivity (Wildman–Crippen MR) is 77.8 cm³/mol. The Morgan fingerprint density at radius 1 is 1.14 bits per heavy atom. The summed E-state index contributed by atoms with van der Waals surface area (Å²) in [5, 5.41) is 10.9. The number of halogens is 1. The van der Waals surface area contributed by atoms with E-state index >= 15 is 0 Å². The highest BCUT2D eigenvalue weighted by molar-refractivity contribution is 7.92. The maximum atomic E-state index is 12.5. The molecule has 0 saturated heterocycles. The normalized spacial score (nSPS) is 11.1. The first-order chi connectivity index (χ1) is 9.84. The molecule has 0 aliphatic rings. The Bertz CT molecular complexity index is 775. The molecule has 0 fully saturated rings. The number of sulfonamides is 1. The number of para-hydroxylation sites is 1. The van der Waals surface area contributed by atoms with Crippen molar-refractivity contribution in [3.05, 3.63) is 59.1 Å². The van der Waals surface area contributed by atoms with Crippen LogP contribution in [0.4, 0.5) is 5.69 Å². The molecule has 0 atom stereocenters. The Hall–Kier alpha value is -2.05. The van der Waals surface area contributed by atoms with Gasteiger partial charge in [-0.25, -0.2) is 8.42 Å². The van der Waals surface area contributed by atoms with Gasteiger partial charge in [0.1, 0.15) is 0 Å². The summed E-state index contributed by atoms with van der Waals surface area (Å²) < 4.78 is 26.0. The molecule has 0 aliphatic heterocycles. The molecular weight excluding hydrogens is 314 g/mol. The van der Waals surface area contributed by atoms with Gasteiger partial charge in [-0.1, -0.05) is 29.8 Å². The average Bonchev–Trinajstić information content (AvgIpc) is 2.47. The van der Waals surface area contributed by atoms with Gasteiger partial charge in [-0.2, -0.15) is 0 Å². The van der Waals surface area contributed by atoms with Crippen molar-refractivity contribution >= 4 is 33.3 Å². The van der Waals surface area contributed by atoms with Crippen molar-refractivity contribution in [3.63, 3.8) is 0 Å². The molecule has 110 valence electrons. The van der Waals surface area contributed by atoms with Gasteiger partial charge < -0.3 is 9.90 Å². The van der Waals surface area contributed by atoms with Crippen LogP contribution < -0.4 is 9.41 Å². The average molecular weight is 325 g/mol. The number of carboxylic acids is 1. The van der Waals surface area contributed by atoms with Crippen molar-refractivity contribution in [2.75, 3.05) is 11.4 Å². The number of carbonyl (C=O) groups excluding carboxylic acids is 1. The van der Waals surface area contributed by atoms with Crippen LogP contribution in [0, 0.1) is 0 Å². The number of anilines is 1. The lowest BCUT2D eigenvalue weighted by Crippen LogP contribution is -2.27. The SMILES string of the molecule is CN(c1ccccc1)S(=O)(=O)c1ccc(Cl)c(C(=O)[O-])c1. The summed E-state index contributed by atoms with van der Waals surface area (Å²) in [6, 6.07) is 11.9. The van der Waals surface area contributed by atoms with Crippen LogP contribution in [0.5, 0.6) is 0 Å². The highest BCUT2D eigenvalue weighted by Crippen LogP contribution is 2.25. The van der Waals surface area contributed by atoms with Crippen LogP contribution in [-0.2, 0) is 10.0 Å². The predicted octanol–water partition coefficient (Wildman–Crippen LogP) is 1.53. The minimum Gasteiger partial charge on any atom is -0.545 e. The standard InChI is InChI=1S/C14H12ClNO4S/c1-16(10-5-3-2-4-6-10)21(19,20)11-7-8-13(15)12(9-11)14(17)18/h2-9H,1H3,(H,17,18)/p-1. The molecule has 0 radical (unpaired) electrons. The van der Waals surface area contributed by atoms with Gasteiger partial charge >= 0.3 is 0 Å². The molecule has 0 bridgehead atoms. The second-order valence-corrected chi connectivity index (χ2v) is 6.61. The second kappa shape index (κ2) is 5.75. The molecule has 2 aromatic rings. The fourth-order valence-electron chi connectivity index (χ4n) is 1.76. The number of nitrogens with zero attached hydrogens (tertiary/aromatic N) is 1. The first-order valence-electron chi connectivity index (χ1n) is 5.89. The van der Waals surface area contributed by atoms with Crippen LogP contribution in [0.3, 0.4) is 0 Å². The van der Waals surface area contributed by atoms with Crippen molar-refractivity contribution in [1.82, 2.24) is 0 Å². The summed E-state index contributed by atoms with van der Waals surface area (Å²) in [6.07, 6.45) is 0. The molecule has 0 saturated carbocycles.